The maximum atomic E-state index is 13.4. The Hall–Kier alpha value is -2.14. The molecule has 6 heteroatoms. The predicted molar refractivity (Wildman–Crippen MR) is 79.5 cm³/mol. The van der Waals surface area contributed by atoms with Crippen LogP contribution in [0.25, 0.3) is 0 Å². The van der Waals surface area contributed by atoms with Crippen LogP contribution in [0.4, 0.5) is 10.2 Å². The third kappa shape index (κ3) is 2.69. The number of carboxylic acid groups (broad SMARTS) is 1. The molecule has 1 aromatic carbocycles. The highest BCUT2D eigenvalue weighted by Gasteiger charge is 2.35. The molecule has 4 nitrogen and oxygen atoms in total. The fraction of sp³-hybridized carbons (Fsp3) is 0.200. The van der Waals surface area contributed by atoms with Gasteiger partial charge in [-0.3, -0.25) is 0 Å². The van der Waals surface area contributed by atoms with Gasteiger partial charge in [0.25, 0.3) is 0 Å². The zero-order chi connectivity index (χ0) is 14.3. The molecule has 1 aromatic heterocycles. The molecule has 0 bridgehead atoms. The second kappa shape index (κ2) is 5.33. The number of carboxylic acids is 1. The molecular weight excluding hydrogens is 295 g/mol. The van der Waals surface area contributed by atoms with Crippen LogP contribution in [0.2, 0.25) is 0 Å². The van der Waals surface area contributed by atoms with E-state index in [9.17, 15) is 9.18 Å². The number of pyridine rings is 1. The highest BCUT2D eigenvalue weighted by molar-refractivity contribution is 5.88. The number of nitrogens with zero attached hydrogens (tertiary/aromatic N) is 1. The van der Waals surface area contributed by atoms with Crippen LogP contribution >= 0.6 is 12.4 Å². The molecule has 0 fully saturated rings. The van der Waals surface area contributed by atoms with Gasteiger partial charge < -0.3 is 10.4 Å². The first-order valence-corrected chi connectivity index (χ1v) is 6.24. The van der Waals surface area contributed by atoms with E-state index < -0.39 is 11.5 Å². The van der Waals surface area contributed by atoms with Gasteiger partial charge >= 0.3 is 5.97 Å². The molecule has 0 saturated carbocycles. The van der Waals surface area contributed by atoms with Crippen molar-refractivity contribution in [1.82, 2.24) is 4.98 Å². The molecule has 110 valence electrons. The number of aromatic nitrogens is 1. The highest BCUT2D eigenvalue weighted by atomic mass is 35.5. The number of aromatic carboxylic acids is 1. The van der Waals surface area contributed by atoms with Crippen molar-refractivity contribution in [3.63, 3.8) is 0 Å². The van der Waals surface area contributed by atoms with Crippen LogP contribution in [0.3, 0.4) is 0 Å². The Balaban J connectivity index is 0.00000161. The molecule has 0 radical (unpaired) electrons. The van der Waals surface area contributed by atoms with Crippen molar-refractivity contribution in [2.45, 2.75) is 18.9 Å². The molecule has 0 amide bonds. The Morgan fingerprint density at radius 3 is 2.86 bits per heavy atom. The SMILES string of the molecule is C[C@]1(c2cccc(F)c2)Cc2cc(C(=O)O)cnc2N1.Cl. The monoisotopic (exact) mass is 308 g/mol. The first kappa shape index (κ1) is 15.3. The molecule has 1 atom stereocenters. The summed E-state index contributed by atoms with van der Waals surface area (Å²) in [5, 5.41) is 12.2. The largest absolute Gasteiger partial charge is 0.478 e. The molecular formula is C15H14ClFN2O2. The summed E-state index contributed by atoms with van der Waals surface area (Å²) in [7, 11) is 0. The van der Waals surface area contributed by atoms with Crippen molar-refractivity contribution in [2.24, 2.45) is 0 Å². The zero-order valence-corrected chi connectivity index (χ0v) is 12.1. The van der Waals surface area contributed by atoms with Gasteiger partial charge in [0.1, 0.15) is 11.6 Å². The van der Waals surface area contributed by atoms with Crippen molar-refractivity contribution in [3.8, 4) is 0 Å². The van der Waals surface area contributed by atoms with Crippen molar-refractivity contribution in [3.05, 3.63) is 59.0 Å². The van der Waals surface area contributed by atoms with Crippen LogP contribution in [-0.4, -0.2) is 16.1 Å². The topological polar surface area (TPSA) is 62.2 Å². The van der Waals surface area contributed by atoms with Crippen LogP contribution in [-0.2, 0) is 12.0 Å². The number of nitrogens with one attached hydrogen (secondary N) is 1. The minimum atomic E-state index is -1.00. The minimum Gasteiger partial charge on any atom is -0.478 e. The highest BCUT2D eigenvalue weighted by Crippen LogP contribution is 2.38. The summed E-state index contributed by atoms with van der Waals surface area (Å²) in [6.07, 6.45) is 1.89. The Morgan fingerprint density at radius 2 is 2.19 bits per heavy atom. The molecule has 2 N–H and O–H groups in total. The van der Waals surface area contributed by atoms with Gasteiger partial charge in [0, 0.05) is 12.6 Å². The van der Waals surface area contributed by atoms with E-state index in [-0.39, 0.29) is 23.8 Å². The van der Waals surface area contributed by atoms with Gasteiger partial charge in [-0.15, -0.1) is 12.4 Å². The normalized spacial score (nSPS) is 19.3. The lowest BCUT2D eigenvalue weighted by atomic mass is 9.89. The lowest BCUT2D eigenvalue weighted by molar-refractivity contribution is 0.0696. The van der Waals surface area contributed by atoms with Gasteiger partial charge in [0.2, 0.25) is 0 Å². The fourth-order valence-corrected chi connectivity index (χ4v) is 2.57. The summed E-state index contributed by atoms with van der Waals surface area (Å²) in [6, 6.07) is 8.01. The van der Waals surface area contributed by atoms with Crippen LogP contribution in [0.5, 0.6) is 0 Å². The number of hydrogen-bond donors (Lipinski definition) is 2. The third-order valence-electron chi connectivity index (χ3n) is 3.61. The first-order chi connectivity index (χ1) is 9.48. The van der Waals surface area contributed by atoms with Crippen LogP contribution < -0.4 is 5.32 Å². The number of fused-ring (bicyclic) bond motifs is 1. The molecule has 1 aliphatic heterocycles. The summed E-state index contributed by atoms with van der Waals surface area (Å²) in [5.41, 5.74) is 1.33. The quantitative estimate of drug-likeness (QED) is 0.894. The number of carbonyl (C=O) groups is 1. The maximum absolute atomic E-state index is 13.4. The molecule has 3 rings (SSSR count). The van der Waals surface area contributed by atoms with Gasteiger partial charge in [-0.1, -0.05) is 12.1 Å². The second-order valence-electron chi connectivity index (χ2n) is 5.18. The molecule has 2 aromatic rings. The first-order valence-electron chi connectivity index (χ1n) is 6.24. The Bertz CT molecular complexity index is 708. The molecule has 0 aliphatic carbocycles. The van der Waals surface area contributed by atoms with E-state index in [2.05, 4.69) is 10.3 Å². The van der Waals surface area contributed by atoms with Crippen molar-refractivity contribution in [1.29, 1.82) is 0 Å². The zero-order valence-electron chi connectivity index (χ0n) is 11.3. The number of benzene rings is 1. The maximum Gasteiger partial charge on any atom is 0.337 e. The second-order valence-corrected chi connectivity index (χ2v) is 5.18. The molecule has 21 heavy (non-hydrogen) atoms. The van der Waals surface area contributed by atoms with Crippen molar-refractivity contribution in [2.75, 3.05) is 5.32 Å². The van der Waals surface area contributed by atoms with Crippen molar-refractivity contribution < 1.29 is 14.3 Å². The Kier molecular flexibility index (Phi) is 3.87. The standard InChI is InChI=1S/C15H13FN2O2.ClH/c1-15(11-3-2-4-12(16)6-11)7-9-5-10(14(19)20)8-17-13(9)18-15;/h2-6,8H,7H2,1H3,(H,17,18)(H,19,20);1H/t15-;/m1./s1. The van der Waals surface area contributed by atoms with Crippen LogP contribution in [0.15, 0.2) is 36.5 Å². The van der Waals surface area contributed by atoms with Crippen LogP contribution in [0.1, 0.15) is 28.4 Å². The molecule has 0 spiro atoms. The average molecular weight is 309 g/mol. The Morgan fingerprint density at radius 1 is 1.43 bits per heavy atom. The number of anilines is 1. The van der Waals surface area contributed by atoms with E-state index in [1.165, 1.54) is 18.3 Å². The fourth-order valence-electron chi connectivity index (χ4n) is 2.57. The lowest BCUT2D eigenvalue weighted by Crippen LogP contribution is -2.29. The molecule has 0 unspecified atom stereocenters. The summed E-state index contributed by atoms with van der Waals surface area (Å²) in [4.78, 5) is 15.1. The average Bonchev–Trinajstić information content (AvgIpc) is 2.75. The smallest absolute Gasteiger partial charge is 0.337 e. The summed E-state index contributed by atoms with van der Waals surface area (Å²) >= 11 is 0. The Labute approximate surface area is 127 Å². The van der Waals surface area contributed by atoms with Gasteiger partial charge in [0.15, 0.2) is 0 Å². The van der Waals surface area contributed by atoms with E-state index in [1.807, 2.05) is 13.0 Å². The van der Waals surface area contributed by atoms with E-state index in [0.29, 0.717) is 12.2 Å². The van der Waals surface area contributed by atoms with Crippen molar-refractivity contribution >= 4 is 24.2 Å². The summed E-state index contributed by atoms with van der Waals surface area (Å²) in [6.45, 7) is 1.95. The minimum absolute atomic E-state index is 0. The van der Waals surface area contributed by atoms with E-state index >= 15 is 0 Å². The lowest BCUT2D eigenvalue weighted by Gasteiger charge is -2.25. The summed E-state index contributed by atoms with van der Waals surface area (Å²) < 4.78 is 13.4. The van der Waals surface area contributed by atoms with E-state index in [0.717, 1.165) is 11.1 Å². The molecule has 0 saturated heterocycles. The van der Waals surface area contributed by atoms with E-state index in [4.69, 9.17) is 5.11 Å². The number of rotatable bonds is 2. The summed E-state index contributed by atoms with van der Waals surface area (Å²) in [5.74, 6) is -0.637. The van der Waals surface area contributed by atoms with Crippen LogP contribution in [0, 0.1) is 5.82 Å². The molecule has 2 heterocycles. The number of halogens is 2. The van der Waals surface area contributed by atoms with Gasteiger partial charge in [-0.05, 0) is 36.2 Å². The van der Waals surface area contributed by atoms with Gasteiger partial charge in [-0.25, -0.2) is 14.2 Å². The number of hydrogen-bond acceptors (Lipinski definition) is 3. The van der Waals surface area contributed by atoms with E-state index in [1.54, 1.807) is 12.1 Å². The third-order valence-corrected chi connectivity index (χ3v) is 3.61. The predicted octanol–water partition coefficient (Wildman–Crippen LogP) is 3.22. The van der Waals surface area contributed by atoms with Gasteiger partial charge in [-0.2, -0.15) is 0 Å². The molecule has 1 aliphatic rings. The van der Waals surface area contributed by atoms with Gasteiger partial charge in [0.05, 0.1) is 11.1 Å².